The molecule has 0 aromatic rings. The molecular formula is C8H17N. The van der Waals surface area contributed by atoms with Gasteiger partial charge in [0.1, 0.15) is 0 Å². The molecule has 1 rings (SSSR count). The molecule has 1 unspecified atom stereocenters. The minimum atomic E-state index is 0.873. The Kier molecular flexibility index (Phi) is 2.52. The Morgan fingerprint density at radius 2 is 2.22 bits per heavy atom. The number of rotatable bonds is 3. The van der Waals surface area contributed by atoms with Gasteiger partial charge in [0.05, 0.1) is 0 Å². The van der Waals surface area contributed by atoms with Crippen LogP contribution in [0.1, 0.15) is 32.6 Å². The van der Waals surface area contributed by atoms with Crippen molar-refractivity contribution in [1.29, 1.82) is 0 Å². The molecule has 0 aliphatic heterocycles. The van der Waals surface area contributed by atoms with Crippen LogP contribution in [-0.4, -0.2) is 6.54 Å². The summed E-state index contributed by atoms with van der Waals surface area (Å²) in [5.74, 6) is 1.91. The van der Waals surface area contributed by atoms with Crippen LogP contribution in [0.2, 0.25) is 0 Å². The molecule has 0 bridgehead atoms. The fourth-order valence-electron chi connectivity index (χ4n) is 1.51. The highest BCUT2D eigenvalue weighted by Crippen LogP contribution is 2.34. The maximum Gasteiger partial charge on any atom is -0.00746 e. The molecule has 0 saturated heterocycles. The molecule has 2 N–H and O–H groups in total. The van der Waals surface area contributed by atoms with Gasteiger partial charge in [-0.05, 0) is 24.8 Å². The highest BCUT2D eigenvalue weighted by Gasteiger charge is 2.22. The molecule has 54 valence electrons. The van der Waals surface area contributed by atoms with Crippen LogP contribution in [0.15, 0.2) is 0 Å². The van der Waals surface area contributed by atoms with E-state index in [0.29, 0.717) is 0 Å². The average Bonchev–Trinajstić information content (AvgIpc) is 1.60. The summed E-state index contributed by atoms with van der Waals surface area (Å²) in [5.41, 5.74) is 5.45. The van der Waals surface area contributed by atoms with E-state index in [4.69, 9.17) is 5.73 Å². The van der Waals surface area contributed by atoms with Gasteiger partial charge in [0.2, 0.25) is 0 Å². The molecule has 0 amide bonds. The van der Waals surface area contributed by atoms with Gasteiger partial charge in [-0.25, -0.2) is 0 Å². The molecule has 0 heterocycles. The first-order chi connectivity index (χ1) is 4.34. The van der Waals surface area contributed by atoms with Crippen LogP contribution in [0.25, 0.3) is 0 Å². The van der Waals surface area contributed by atoms with Crippen molar-refractivity contribution in [3.63, 3.8) is 0 Å². The molecule has 1 fully saturated rings. The summed E-state index contributed by atoms with van der Waals surface area (Å²) in [7, 11) is 0. The van der Waals surface area contributed by atoms with Crippen molar-refractivity contribution in [3.05, 3.63) is 0 Å². The van der Waals surface area contributed by atoms with Crippen molar-refractivity contribution in [3.8, 4) is 0 Å². The van der Waals surface area contributed by atoms with Gasteiger partial charge in [-0.15, -0.1) is 0 Å². The molecule has 1 heteroatoms. The van der Waals surface area contributed by atoms with E-state index in [0.717, 1.165) is 18.4 Å². The summed E-state index contributed by atoms with van der Waals surface area (Å²) < 4.78 is 0. The average molecular weight is 127 g/mol. The van der Waals surface area contributed by atoms with Crippen LogP contribution in [0, 0.1) is 11.8 Å². The van der Waals surface area contributed by atoms with E-state index in [-0.39, 0.29) is 0 Å². The van der Waals surface area contributed by atoms with Crippen molar-refractivity contribution < 1.29 is 0 Å². The Labute approximate surface area is 57.6 Å². The minimum Gasteiger partial charge on any atom is -0.330 e. The first kappa shape index (κ1) is 7.07. The standard InChI is InChI=1S/C8H17N/c1-7(5-6-9)8-3-2-4-8/h7-8H,2-6,9H2,1H3. The van der Waals surface area contributed by atoms with Gasteiger partial charge in [-0.1, -0.05) is 26.2 Å². The summed E-state index contributed by atoms with van der Waals surface area (Å²) in [6.45, 7) is 3.20. The molecule has 0 aromatic heterocycles. The van der Waals surface area contributed by atoms with Gasteiger partial charge < -0.3 is 5.73 Å². The van der Waals surface area contributed by atoms with Gasteiger partial charge in [0.15, 0.2) is 0 Å². The van der Waals surface area contributed by atoms with Gasteiger partial charge in [-0.3, -0.25) is 0 Å². The fraction of sp³-hybridized carbons (Fsp3) is 1.00. The Bertz CT molecular complexity index is 76.6. The molecule has 1 nitrogen and oxygen atoms in total. The van der Waals surface area contributed by atoms with E-state index < -0.39 is 0 Å². The lowest BCUT2D eigenvalue weighted by atomic mass is 9.75. The maximum atomic E-state index is 5.45. The summed E-state index contributed by atoms with van der Waals surface area (Å²) in [4.78, 5) is 0. The van der Waals surface area contributed by atoms with Crippen LogP contribution in [0.4, 0.5) is 0 Å². The summed E-state index contributed by atoms with van der Waals surface area (Å²) in [5, 5.41) is 0. The van der Waals surface area contributed by atoms with Crippen molar-refractivity contribution in [2.75, 3.05) is 6.54 Å². The Morgan fingerprint density at radius 3 is 2.56 bits per heavy atom. The first-order valence-electron chi connectivity index (χ1n) is 4.04. The van der Waals surface area contributed by atoms with Crippen molar-refractivity contribution in [2.24, 2.45) is 17.6 Å². The number of hydrogen-bond donors (Lipinski definition) is 1. The van der Waals surface area contributed by atoms with Crippen molar-refractivity contribution in [1.82, 2.24) is 0 Å². The smallest absolute Gasteiger partial charge is 0.00746 e. The molecule has 9 heavy (non-hydrogen) atoms. The molecule has 1 aliphatic rings. The Morgan fingerprint density at radius 1 is 1.56 bits per heavy atom. The molecule has 0 radical (unpaired) electrons. The lowest BCUT2D eigenvalue weighted by Gasteiger charge is -2.31. The molecule has 1 saturated carbocycles. The monoisotopic (exact) mass is 127 g/mol. The van der Waals surface area contributed by atoms with Crippen LogP contribution < -0.4 is 5.73 Å². The van der Waals surface area contributed by atoms with Crippen LogP contribution in [0.3, 0.4) is 0 Å². The molecule has 0 spiro atoms. The largest absolute Gasteiger partial charge is 0.330 e. The van der Waals surface area contributed by atoms with Crippen LogP contribution in [0.5, 0.6) is 0 Å². The second-order valence-electron chi connectivity index (χ2n) is 3.25. The third kappa shape index (κ3) is 1.68. The molecule has 0 aromatic carbocycles. The van der Waals surface area contributed by atoms with E-state index in [1.165, 1.54) is 25.7 Å². The van der Waals surface area contributed by atoms with Crippen LogP contribution >= 0.6 is 0 Å². The minimum absolute atomic E-state index is 0.873. The number of hydrogen-bond acceptors (Lipinski definition) is 1. The van der Waals surface area contributed by atoms with E-state index in [2.05, 4.69) is 6.92 Å². The van der Waals surface area contributed by atoms with Gasteiger partial charge in [0.25, 0.3) is 0 Å². The summed E-state index contributed by atoms with van der Waals surface area (Å²) in [6, 6.07) is 0. The van der Waals surface area contributed by atoms with Crippen LogP contribution in [-0.2, 0) is 0 Å². The normalized spacial score (nSPS) is 23.3. The molecule has 1 atom stereocenters. The maximum absolute atomic E-state index is 5.45. The van der Waals surface area contributed by atoms with E-state index in [1.807, 2.05) is 0 Å². The predicted molar refractivity (Wildman–Crippen MR) is 40.2 cm³/mol. The highest BCUT2D eigenvalue weighted by atomic mass is 14.5. The quantitative estimate of drug-likeness (QED) is 0.614. The third-order valence-corrected chi connectivity index (χ3v) is 2.58. The highest BCUT2D eigenvalue weighted by molar-refractivity contribution is 4.74. The number of nitrogens with two attached hydrogens (primary N) is 1. The van der Waals surface area contributed by atoms with E-state index in [1.54, 1.807) is 0 Å². The van der Waals surface area contributed by atoms with E-state index in [9.17, 15) is 0 Å². The Balaban J connectivity index is 2.08. The van der Waals surface area contributed by atoms with Gasteiger partial charge in [0, 0.05) is 0 Å². The van der Waals surface area contributed by atoms with Crippen molar-refractivity contribution in [2.45, 2.75) is 32.6 Å². The zero-order valence-corrected chi connectivity index (χ0v) is 6.27. The molecule has 1 aliphatic carbocycles. The summed E-state index contributed by atoms with van der Waals surface area (Å²) >= 11 is 0. The second kappa shape index (κ2) is 3.21. The third-order valence-electron chi connectivity index (χ3n) is 2.58. The predicted octanol–water partition coefficient (Wildman–Crippen LogP) is 1.77. The first-order valence-corrected chi connectivity index (χ1v) is 4.04. The van der Waals surface area contributed by atoms with E-state index >= 15 is 0 Å². The molecular weight excluding hydrogens is 110 g/mol. The zero-order valence-electron chi connectivity index (χ0n) is 6.27. The zero-order chi connectivity index (χ0) is 6.69. The van der Waals surface area contributed by atoms with Gasteiger partial charge in [-0.2, -0.15) is 0 Å². The van der Waals surface area contributed by atoms with Gasteiger partial charge >= 0.3 is 0 Å². The topological polar surface area (TPSA) is 26.0 Å². The SMILES string of the molecule is CC(CCN)C1CCC1. The Hall–Kier alpha value is -0.0400. The second-order valence-corrected chi connectivity index (χ2v) is 3.25. The lowest BCUT2D eigenvalue weighted by molar-refractivity contribution is 0.213. The summed E-state index contributed by atoms with van der Waals surface area (Å²) in [6.07, 6.45) is 5.60. The van der Waals surface area contributed by atoms with Crippen molar-refractivity contribution >= 4 is 0 Å². The lowest BCUT2D eigenvalue weighted by Crippen LogP contribution is -2.21. The fourth-order valence-corrected chi connectivity index (χ4v) is 1.51.